The van der Waals surface area contributed by atoms with Gasteiger partial charge in [-0.3, -0.25) is 4.79 Å². The summed E-state index contributed by atoms with van der Waals surface area (Å²) in [6.45, 7) is 6.62. The molecule has 1 saturated heterocycles. The summed E-state index contributed by atoms with van der Waals surface area (Å²) in [5, 5.41) is 3.06. The summed E-state index contributed by atoms with van der Waals surface area (Å²) in [7, 11) is 1.89. The maximum absolute atomic E-state index is 12.1. The zero-order chi connectivity index (χ0) is 13.9. The Balaban J connectivity index is 1.98. The van der Waals surface area contributed by atoms with Gasteiger partial charge in [-0.2, -0.15) is 0 Å². The zero-order valence-corrected chi connectivity index (χ0v) is 12.2. The smallest absolute Gasteiger partial charge is 0.222 e. The molecule has 2 heterocycles. The van der Waals surface area contributed by atoms with E-state index >= 15 is 0 Å². The van der Waals surface area contributed by atoms with E-state index < -0.39 is 0 Å². The van der Waals surface area contributed by atoms with Crippen LogP contribution in [-0.2, 0) is 17.9 Å². The Morgan fingerprint density at radius 3 is 2.79 bits per heavy atom. The van der Waals surface area contributed by atoms with E-state index in [1.165, 1.54) is 0 Å². The molecule has 0 spiro atoms. The van der Waals surface area contributed by atoms with Crippen LogP contribution in [0.1, 0.15) is 44.6 Å². The lowest BCUT2D eigenvalue weighted by Gasteiger charge is -2.22. The lowest BCUT2D eigenvalue weighted by molar-refractivity contribution is -0.131. The number of carbonyl (C=O) groups is 1. The standard InChI is InChI=1S/C15H24N2O2/c1-15(2)7-6-14(18)17(9-8-15)11-13-5-4-12(19-13)10-16-3/h4-5,16H,6-11H2,1-3H3. The van der Waals surface area contributed by atoms with Crippen LogP contribution in [0, 0.1) is 5.41 Å². The second kappa shape index (κ2) is 5.78. The molecule has 1 amide bonds. The van der Waals surface area contributed by atoms with Crippen LogP contribution >= 0.6 is 0 Å². The molecule has 0 atom stereocenters. The monoisotopic (exact) mass is 264 g/mol. The van der Waals surface area contributed by atoms with Gasteiger partial charge in [-0.1, -0.05) is 13.8 Å². The minimum Gasteiger partial charge on any atom is -0.463 e. The number of carbonyl (C=O) groups excluding carboxylic acids is 1. The van der Waals surface area contributed by atoms with Crippen molar-refractivity contribution >= 4 is 5.91 Å². The predicted octanol–water partition coefficient (Wildman–Crippen LogP) is 2.54. The number of nitrogens with zero attached hydrogens (tertiary/aromatic N) is 1. The number of nitrogens with one attached hydrogen (secondary N) is 1. The van der Waals surface area contributed by atoms with Crippen LogP contribution < -0.4 is 5.32 Å². The molecule has 0 bridgehead atoms. The second-order valence-corrected chi connectivity index (χ2v) is 6.13. The lowest BCUT2D eigenvalue weighted by Crippen LogP contribution is -2.29. The Labute approximate surface area is 115 Å². The molecule has 106 valence electrons. The molecule has 1 aromatic rings. The van der Waals surface area contributed by atoms with Crippen molar-refractivity contribution in [3.05, 3.63) is 23.7 Å². The number of likely N-dealkylation sites (tertiary alicyclic amines) is 1. The molecule has 2 rings (SSSR count). The first-order chi connectivity index (χ1) is 9.00. The highest BCUT2D eigenvalue weighted by Crippen LogP contribution is 2.30. The number of furan rings is 1. The van der Waals surface area contributed by atoms with Crippen molar-refractivity contribution < 1.29 is 9.21 Å². The van der Waals surface area contributed by atoms with Crippen molar-refractivity contribution in [2.75, 3.05) is 13.6 Å². The molecule has 1 aromatic heterocycles. The van der Waals surface area contributed by atoms with Crippen LogP contribution in [0.3, 0.4) is 0 Å². The summed E-state index contributed by atoms with van der Waals surface area (Å²) in [6.07, 6.45) is 2.69. The molecule has 1 N–H and O–H groups in total. The van der Waals surface area contributed by atoms with Gasteiger partial charge in [-0.15, -0.1) is 0 Å². The molecule has 0 saturated carbocycles. The molecule has 0 aromatic carbocycles. The minimum atomic E-state index is 0.247. The van der Waals surface area contributed by atoms with Crippen LogP contribution in [0.2, 0.25) is 0 Å². The van der Waals surface area contributed by atoms with E-state index in [0.29, 0.717) is 13.0 Å². The Bertz CT molecular complexity index is 437. The SMILES string of the molecule is CNCc1ccc(CN2CCC(C)(C)CCC2=O)o1. The molecule has 1 aliphatic rings. The van der Waals surface area contributed by atoms with Crippen LogP contribution in [0.25, 0.3) is 0 Å². The molecule has 19 heavy (non-hydrogen) atoms. The van der Waals surface area contributed by atoms with Crippen molar-refractivity contribution in [1.82, 2.24) is 10.2 Å². The molecule has 0 unspecified atom stereocenters. The van der Waals surface area contributed by atoms with Gasteiger partial charge in [0, 0.05) is 13.0 Å². The summed E-state index contributed by atoms with van der Waals surface area (Å²) in [5.74, 6) is 2.04. The van der Waals surface area contributed by atoms with Gasteiger partial charge in [0.05, 0.1) is 13.1 Å². The van der Waals surface area contributed by atoms with E-state index in [2.05, 4.69) is 19.2 Å². The van der Waals surface area contributed by atoms with E-state index in [-0.39, 0.29) is 11.3 Å². The minimum absolute atomic E-state index is 0.247. The van der Waals surface area contributed by atoms with Gasteiger partial charge in [-0.25, -0.2) is 0 Å². The Kier molecular flexibility index (Phi) is 4.30. The van der Waals surface area contributed by atoms with Gasteiger partial charge in [0.15, 0.2) is 0 Å². The molecular weight excluding hydrogens is 240 g/mol. The maximum atomic E-state index is 12.1. The first kappa shape index (κ1) is 14.1. The summed E-state index contributed by atoms with van der Waals surface area (Å²) < 4.78 is 5.71. The largest absolute Gasteiger partial charge is 0.463 e. The Morgan fingerprint density at radius 1 is 1.32 bits per heavy atom. The van der Waals surface area contributed by atoms with E-state index in [1.807, 2.05) is 24.1 Å². The van der Waals surface area contributed by atoms with E-state index in [9.17, 15) is 4.79 Å². The zero-order valence-electron chi connectivity index (χ0n) is 12.2. The number of hydrogen-bond acceptors (Lipinski definition) is 3. The van der Waals surface area contributed by atoms with Crippen molar-refractivity contribution in [2.24, 2.45) is 5.41 Å². The summed E-state index contributed by atoms with van der Waals surface area (Å²) in [6, 6.07) is 3.94. The Hall–Kier alpha value is -1.29. The maximum Gasteiger partial charge on any atom is 0.222 e. The van der Waals surface area contributed by atoms with Crippen LogP contribution in [-0.4, -0.2) is 24.4 Å². The molecule has 0 aliphatic carbocycles. The van der Waals surface area contributed by atoms with Gasteiger partial charge in [-0.05, 0) is 37.4 Å². The summed E-state index contributed by atoms with van der Waals surface area (Å²) in [5.41, 5.74) is 0.269. The third-order valence-corrected chi connectivity index (χ3v) is 3.84. The molecule has 0 radical (unpaired) electrons. The summed E-state index contributed by atoms with van der Waals surface area (Å²) in [4.78, 5) is 14.0. The van der Waals surface area contributed by atoms with Gasteiger partial charge in [0.2, 0.25) is 5.91 Å². The van der Waals surface area contributed by atoms with Crippen LogP contribution in [0.5, 0.6) is 0 Å². The van der Waals surface area contributed by atoms with Crippen LogP contribution in [0.4, 0.5) is 0 Å². The molecule has 4 nitrogen and oxygen atoms in total. The molecule has 1 fully saturated rings. The van der Waals surface area contributed by atoms with Gasteiger partial charge in [0.1, 0.15) is 11.5 Å². The fourth-order valence-corrected chi connectivity index (χ4v) is 2.42. The van der Waals surface area contributed by atoms with Crippen molar-refractivity contribution in [1.29, 1.82) is 0 Å². The average Bonchev–Trinajstić information content (AvgIpc) is 2.74. The van der Waals surface area contributed by atoms with Crippen LogP contribution in [0.15, 0.2) is 16.5 Å². The van der Waals surface area contributed by atoms with Crippen molar-refractivity contribution in [3.8, 4) is 0 Å². The molecule has 1 aliphatic heterocycles. The topological polar surface area (TPSA) is 45.5 Å². The second-order valence-electron chi connectivity index (χ2n) is 6.13. The number of rotatable bonds is 4. The normalized spacial score (nSPS) is 19.5. The van der Waals surface area contributed by atoms with E-state index in [1.54, 1.807) is 0 Å². The first-order valence-electron chi connectivity index (χ1n) is 7.00. The third-order valence-electron chi connectivity index (χ3n) is 3.84. The Morgan fingerprint density at radius 2 is 2.05 bits per heavy atom. The highest BCUT2D eigenvalue weighted by atomic mass is 16.3. The highest BCUT2D eigenvalue weighted by Gasteiger charge is 2.27. The number of hydrogen-bond donors (Lipinski definition) is 1. The molecule has 4 heteroatoms. The fraction of sp³-hybridized carbons (Fsp3) is 0.667. The van der Waals surface area contributed by atoms with Gasteiger partial charge >= 0.3 is 0 Å². The average molecular weight is 264 g/mol. The van der Waals surface area contributed by atoms with Gasteiger partial charge < -0.3 is 14.6 Å². The predicted molar refractivity (Wildman–Crippen MR) is 74.5 cm³/mol. The van der Waals surface area contributed by atoms with Crippen molar-refractivity contribution in [3.63, 3.8) is 0 Å². The quantitative estimate of drug-likeness (QED) is 0.909. The highest BCUT2D eigenvalue weighted by molar-refractivity contribution is 5.76. The van der Waals surface area contributed by atoms with Crippen molar-refractivity contribution in [2.45, 2.75) is 46.2 Å². The van der Waals surface area contributed by atoms with Gasteiger partial charge in [0.25, 0.3) is 0 Å². The van der Waals surface area contributed by atoms with E-state index in [4.69, 9.17) is 4.42 Å². The fourth-order valence-electron chi connectivity index (χ4n) is 2.42. The molecular formula is C15H24N2O2. The van der Waals surface area contributed by atoms with E-state index in [0.717, 1.165) is 37.5 Å². The third kappa shape index (κ3) is 3.83. The lowest BCUT2D eigenvalue weighted by atomic mass is 9.85. The first-order valence-corrected chi connectivity index (χ1v) is 7.00. The summed E-state index contributed by atoms with van der Waals surface area (Å²) >= 11 is 0. The number of amides is 1.